The fourth-order valence-corrected chi connectivity index (χ4v) is 5.19. The van der Waals surface area contributed by atoms with E-state index in [-0.39, 0.29) is 5.97 Å². The van der Waals surface area contributed by atoms with Crippen molar-refractivity contribution < 1.29 is 9.53 Å². The molecule has 2 nitrogen and oxygen atoms in total. The standard InChI is InChI=1S/C25H24O2S/c26-24-25(17-7-18-27-24,28-19-16-20-8-3-1-4-9-20)23-14-12-22(13-15-23)21-10-5-2-6-11-21/h1-6,8-15H,7,16-19H2. The van der Waals surface area contributed by atoms with Crippen LogP contribution in [0, 0.1) is 0 Å². The summed E-state index contributed by atoms with van der Waals surface area (Å²) in [5, 5.41) is 0. The lowest BCUT2D eigenvalue weighted by Gasteiger charge is -2.35. The van der Waals surface area contributed by atoms with Crippen LogP contribution in [0.4, 0.5) is 0 Å². The molecule has 0 aromatic heterocycles. The molecule has 1 aliphatic rings. The largest absolute Gasteiger partial charge is 0.464 e. The minimum Gasteiger partial charge on any atom is -0.464 e. The molecule has 1 aliphatic heterocycles. The summed E-state index contributed by atoms with van der Waals surface area (Å²) in [6, 6.07) is 29.2. The second-order valence-electron chi connectivity index (χ2n) is 7.09. The second kappa shape index (κ2) is 8.66. The van der Waals surface area contributed by atoms with Crippen molar-refractivity contribution in [3.8, 4) is 11.1 Å². The summed E-state index contributed by atoms with van der Waals surface area (Å²) in [5.74, 6) is 0.795. The van der Waals surface area contributed by atoms with Crippen LogP contribution in [0.1, 0.15) is 24.0 Å². The highest BCUT2D eigenvalue weighted by molar-refractivity contribution is 8.00. The van der Waals surface area contributed by atoms with E-state index in [0.717, 1.165) is 36.1 Å². The number of benzene rings is 3. The first-order valence-corrected chi connectivity index (χ1v) is 10.8. The van der Waals surface area contributed by atoms with Crippen molar-refractivity contribution in [2.75, 3.05) is 12.4 Å². The Bertz CT molecular complexity index is 906. The molecule has 0 bridgehead atoms. The number of carbonyl (C=O) groups excluding carboxylic acids is 1. The van der Waals surface area contributed by atoms with E-state index in [0.29, 0.717) is 6.61 Å². The minimum atomic E-state index is -0.595. The van der Waals surface area contributed by atoms with E-state index in [1.54, 1.807) is 11.8 Å². The number of rotatable bonds is 6. The normalized spacial score (nSPS) is 19.2. The van der Waals surface area contributed by atoms with Gasteiger partial charge in [-0.3, -0.25) is 4.79 Å². The Balaban J connectivity index is 1.56. The SMILES string of the molecule is O=C1OCCCC1(SCCc1ccccc1)c1ccc(-c2ccccc2)cc1. The van der Waals surface area contributed by atoms with Crippen LogP contribution in [-0.4, -0.2) is 18.3 Å². The van der Waals surface area contributed by atoms with Gasteiger partial charge in [-0.2, -0.15) is 0 Å². The third-order valence-electron chi connectivity index (χ3n) is 5.28. The second-order valence-corrected chi connectivity index (χ2v) is 8.49. The molecule has 142 valence electrons. The van der Waals surface area contributed by atoms with Crippen molar-refractivity contribution in [1.29, 1.82) is 0 Å². The molecule has 1 heterocycles. The zero-order valence-corrected chi connectivity index (χ0v) is 16.7. The Labute approximate surface area is 170 Å². The Morgan fingerprint density at radius 2 is 1.46 bits per heavy atom. The van der Waals surface area contributed by atoms with Gasteiger partial charge in [-0.1, -0.05) is 84.9 Å². The molecule has 3 heteroatoms. The molecular weight excluding hydrogens is 364 g/mol. The molecule has 3 aromatic rings. The van der Waals surface area contributed by atoms with Gasteiger partial charge in [0.2, 0.25) is 0 Å². The molecule has 3 aromatic carbocycles. The molecule has 28 heavy (non-hydrogen) atoms. The van der Waals surface area contributed by atoms with Gasteiger partial charge >= 0.3 is 5.97 Å². The van der Waals surface area contributed by atoms with Crippen molar-refractivity contribution in [3.63, 3.8) is 0 Å². The van der Waals surface area contributed by atoms with Gasteiger partial charge < -0.3 is 4.74 Å². The number of cyclic esters (lactones) is 1. The summed E-state index contributed by atoms with van der Waals surface area (Å²) in [6.45, 7) is 0.530. The van der Waals surface area contributed by atoms with Gasteiger partial charge in [0.1, 0.15) is 4.75 Å². The highest BCUT2D eigenvalue weighted by atomic mass is 32.2. The van der Waals surface area contributed by atoms with E-state index in [1.165, 1.54) is 11.1 Å². The summed E-state index contributed by atoms with van der Waals surface area (Å²) >= 11 is 1.73. The van der Waals surface area contributed by atoms with Crippen molar-refractivity contribution in [2.45, 2.75) is 24.0 Å². The first-order chi connectivity index (χ1) is 13.8. The molecule has 0 aliphatic carbocycles. The van der Waals surface area contributed by atoms with Gasteiger partial charge in [-0.15, -0.1) is 11.8 Å². The van der Waals surface area contributed by atoms with Crippen LogP contribution in [0.3, 0.4) is 0 Å². The van der Waals surface area contributed by atoms with Crippen molar-refractivity contribution >= 4 is 17.7 Å². The van der Waals surface area contributed by atoms with Crippen LogP contribution < -0.4 is 0 Å². The Morgan fingerprint density at radius 3 is 2.14 bits per heavy atom. The van der Waals surface area contributed by atoms with Crippen molar-refractivity contribution in [1.82, 2.24) is 0 Å². The number of esters is 1. The third kappa shape index (κ3) is 4.00. The van der Waals surface area contributed by atoms with Gasteiger partial charge in [0, 0.05) is 0 Å². The molecule has 1 unspecified atom stereocenters. The zero-order chi connectivity index (χ0) is 19.2. The molecule has 0 spiro atoms. The zero-order valence-electron chi connectivity index (χ0n) is 15.8. The molecule has 0 radical (unpaired) electrons. The quantitative estimate of drug-likeness (QED) is 0.495. The average Bonchev–Trinajstić information content (AvgIpc) is 2.77. The highest BCUT2D eigenvalue weighted by Gasteiger charge is 2.44. The smallest absolute Gasteiger partial charge is 0.326 e. The lowest BCUT2D eigenvalue weighted by atomic mass is 9.90. The van der Waals surface area contributed by atoms with Crippen LogP contribution in [-0.2, 0) is 20.7 Å². The lowest BCUT2D eigenvalue weighted by molar-refractivity contribution is -0.150. The van der Waals surface area contributed by atoms with Crippen LogP contribution in [0.2, 0.25) is 0 Å². The third-order valence-corrected chi connectivity index (χ3v) is 6.78. The molecule has 4 rings (SSSR count). The molecule has 1 atom stereocenters. The number of hydrogen-bond acceptors (Lipinski definition) is 3. The Hall–Kier alpha value is -2.52. The van der Waals surface area contributed by atoms with E-state index in [1.807, 2.05) is 24.3 Å². The fourth-order valence-electron chi connectivity index (χ4n) is 3.73. The summed E-state index contributed by atoms with van der Waals surface area (Å²) in [7, 11) is 0. The molecule has 1 fully saturated rings. The van der Waals surface area contributed by atoms with Crippen LogP contribution in [0.5, 0.6) is 0 Å². The van der Waals surface area contributed by atoms with Crippen LogP contribution in [0.25, 0.3) is 11.1 Å². The number of thioether (sulfide) groups is 1. The molecule has 0 saturated carbocycles. The molecule has 1 saturated heterocycles. The maximum Gasteiger partial charge on any atom is 0.326 e. The van der Waals surface area contributed by atoms with E-state index >= 15 is 0 Å². The minimum absolute atomic E-state index is 0.0933. The number of aryl methyl sites for hydroxylation is 1. The molecule has 0 N–H and O–H groups in total. The Kier molecular flexibility index (Phi) is 5.82. The predicted octanol–water partition coefficient (Wildman–Crippen LogP) is 5.86. The monoisotopic (exact) mass is 388 g/mol. The summed E-state index contributed by atoms with van der Waals surface area (Å²) in [5.41, 5.74) is 4.70. The summed E-state index contributed by atoms with van der Waals surface area (Å²) < 4.78 is 4.91. The number of ether oxygens (including phenoxy) is 1. The van der Waals surface area contributed by atoms with Crippen molar-refractivity contribution in [2.24, 2.45) is 0 Å². The van der Waals surface area contributed by atoms with E-state index in [2.05, 4.69) is 60.7 Å². The van der Waals surface area contributed by atoms with E-state index < -0.39 is 4.75 Å². The van der Waals surface area contributed by atoms with Gasteiger partial charge in [-0.05, 0) is 47.3 Å². The van der Waals surface area contributed by atoms with Crippen LogP contribution >= 0.6 is 11.8 Å². The van der Waals surface area contributed by atoms with Gasteiger partial charge in [0.05, 0.1) is 6.61 Å². The lowest BCUT2D eigenvalue weighted by Crippen LogP contribution is -2.39. The van der Waals surface area contributed by atoms with Gasteiger partial charge in [0.25, 0.3) is 0 Å². The highest BCUT2D eigenvalue weighted by Crippen LogP contribution is 2.44. The number of hydrogen-bond donors (Lipinski definition) is 0. The maximum atomic E-state index is 12.9. The molecular formula is C25H24O2S. The topological polar surface area (TPSA) is 26.3 Å². The Morgan fingerprint density at radius 1 is 0.821 bits per heavy atom. The van der Waals surface area contributed by atoms with Crippen molar-refractivity contribution in [3.05, 3.63) is 96.1 Å². The van der Waals surface area contributed by atoms with Crippen LogP contribution in [0.15, 0.2) is 84.9 Å². The first kappa shape index (κ1) is 18.8. The average molecular weight is 389 g/mol. The fraction of sp³-hybridized carbons (Fsp3) is 0.240. The van der Waals surface area contributed by atoms with Gasteiger partial charge in [0.15, 0.2) is 0 Å². The summed E-state index contributed by atoms with van der Waals surface area (Å²) in [6.07, 6.45) is 2.68. The van der Waals surface area contributed by atoms with E-state index in [9.17, 15) is 4.79 Å². The molecule has 0 amide bonds. The summed E-state index contributed by atoms with van der Waals surface area (Å²) in [4.78, 5) is 12.9. The van der Waals surface area contributed by atoms with E-state index in [4.69, 9.17) is 4.74 Å². The van der Waals surface area contributed by atoms with Gasteiger partial charge in [-0.25, -0.2) is 0 Å². The predicted molar refractivity (Wildman–Crippen MR) is 116 cm³/mol. The number of carbonyl (C=O) groups is 1. The first-order valence-electron chi connectivity index (χ1n) is 9.79. The maximum absolute atomic E-state index is 12.9.